The Kier molecular flexibility index (Phi) is 5.81. The number of carbonyl (C=O) groups excluding carboxylic acids is 2. The van der Waals surface area contributed by atoms with Gasteiger partial charge in [-0.1, -0.05) is 24.3 Å². The third kappa shape index (κ3) is 4.02. The van der Waals surface area contributed by atoms with Crippen LogP contribution in [0.4, 0.5) is 4.39 Å². The van der Waals surface area contributed by atoms with E-state index in [4.69, 9.17) is 0 Å². The summed E-state index contributed by atoms with van der Waals surface area (Å²) in [7, 11) is -0.303. The molecule has 0 saturated carbocycles. The van der Waals surface area contributed by atoms with Crippen LogP contribution >= 0.6 is 0 Å². The lowest BCUT2D eigenvalue weighted by Crippen LogP contribution is -2.43. The molecule has 4 rings (SSSR count). The highest BCUT2D eigenvalue weighted by atomic mass is 32.2. The van der Waals surface area contributed by atoms with Gasteiger partial charge in [0.15, 0.2) is 0 Å². The van der Waals surface area contributed by atoms with Crippen molar-refractivity contribution in [3.8, 4) is 0 Å². The summed E-state index contributed by atoms with van der Waals surface area (Å²) in [6, 6.07) is 13.2. The van der Waals surface area contributed by atoms with Crippen molar-refractivity contribution in [2.24, 2.45) is 0 Å². The second kappa shape index (κ2) is 8.42. The fourth-order valence-electron chi connectivity index (χ4n) is 3.76. The predicted molar refractivity (Wildman–Crippen MR) is 118 cm³/mol. The first-order valence-electron chi connectivity index (χ1n) is 10.00. The molecule has 1 N–H and O–H groups in total. The van der Waals surface area contributed by atoms with Gasteiger partial charge in [0.25, 0.3) is 11.8 Å². The molecular formula is C23H22FN3O4S. The average Bonchev–Trinajstić information content (AvgIpc) is 2.75. The Bertz CT molecular complexity index is 1320. The Morgan fingerprint density at radius 2 is 1.66 bits per heavy atom. The van der Waals surface area contributed by atoms with Gasteiger partial charge in [0.2, 0.25) is 10.0 Å². The zero-order valence-electron chi connectivity index (χ0n) is 17.6. The van der Waals surface area contributed by atoms with Crippen molar-refractivity contribution in [1.82, 2.24) is 14.5 Å². The largest absolute Gasteiger partial charge is 0.308 e. The molecule has 0 bridgehead atoms. The Labute approximate surface area is 185 Å². The Balaban J connectivity index is 1.73. The molecular weight excluding hydrogens is 433 g/mol. The van der Waals surface area contributed by atoms with Crippen molar-refractivity contribution in [3.05, 3.63) is 77.1 Å². The Hall–Kier alpha value is -3.14. The van der Waals surface area contributed by atoms with Crippen LogP contribution in [0.5, 0.6) is 0 Å². The van der Waals surface area contributed by atoms with Crippen LogP contribution in [0.15, 0.2) is 59.5 Å². The van der Waals surface area contributed by atoms with Gasteiger partial charge in [0.1, 0.15) is 5.82 Å². The fourth-order valence-corrected chi connectivity index (χ4v) is 4.98. The van der Waals surface area contributed by atoms with Gasteiger partial charge in [-0.15, -0.1) is 0 Å². The lowest BCUT2D eigenvalue weighted by Gasteiger charge is -2.28. The van der Waals surface area contributed by atoms with E-state index in [2.05, 4.69) is 4.72 Å². The second-order valence-electron chi connectivity index (χ2n) is 7.86. The summed E-state index contributed by atoms with van der Waals surface area (Å²) in [6.07, 6.45) is 0. The number of amides is 2. The highest BCUT2D eigenvalue weighted by molar-refractivity contribution is 7.89. The minimum Gasteiger partial charge on any atom is -0.308 e. The maximum Gasteiger partial charge on any atom is 0.261 e. The summed E-state index contributed by atoms with van der Waals surface area (Å²) in [4.78, 5) is 29.0. The molecule has 0 atom stereocenters. The van der Waals surface area contributed by atoms with Gasteiger partial charge in [0.05, 0.1) is 4.90 Å². The molecule has 1 aliphatic heterocycles. The number of nitrogens with zero attached hydrogens (tertiary/aromatic N) is 2. The van der Waals surface area contributed by atoms with Crippen LogP contribution in [0.1, 0.15) is 26.3 Å². The minimum absolute atomic E-state index is 0.0446. The van der Waals surface area contributed by atoms with Crippen molar-refractivity contribution in [2.75, 3.05) is 27.2 Å². The van der Waals surface area contributed by atoms with Crippen molar-refractivity contribution < 1.29 is 22.4 Å². The van der Waals surface area contributed by atoms with Gasteiger partial charge in [-0.3, -0.25) is 14.5 Å². The van der Waals surface area contributed by atoms with Crippen molar-refractivity contribution >= 4 is 32.6 Å². The molecule has 0 unspecified atom stereocenters. The number of hydrogen-bond donors (Lipinski definition) is 1. The minimum atomic E-state index is -4.00. The summed E-state index contributed by atoms with van der Waals surface area (Å²) >= 11 is 0. The maximum atomic E-state index is 13.4. The van der Waals surface area contributed by atoms with Crippen LogP contribution in [0.2, 0.25) is 0 Å². The highest BCUT2D eigenvalue weighted by Crippen LogP contribution is 2.34. The monoisotopic (exact) mass is 455 g/mol. The smallest absolute Gasteiger partial charge is 0.261 e. The molecule has 0 radical (unpaired) electrons. The third-order valence-electron chi connectivity index (χ3n) is 5.37. The van der Waals surface area contributed by atoms with E-state index in [9.17, 15) is 22.4 Å². The Morgan fingerprint density at radius 1 is 0.969 bits per heavy atom. The van der Waals surface area contributed by atoms with Gasteiger partial charge in [-0.05, 0) is 50.0 Å². The van der Waals surface area contributed by atoms with E-state index in [1.54, 1.807) is 24.3 Å². The number of nitrogens with one attached hydrogen (secondary N) is 1. The van der Waals surface area contributed by atoms with E-state index in [1.807, 2.05) is 19.0 Å². The first-order chi connectivity index (χ1) is 15.2. The number of likely N-dealkylation sites (N-methyl/N-ethyl adjacent to an activating group) is 1. The third-order valence-corrected chi connectivity index (χ3v) is 6.83. The van der Waals surface area contributed by atoms with Gasteiger partial charge >= 0.3 is 0 Å². The molecule has 7 nitrogen and oxygen atoms in total. The molecule has 2 amide bonds. The predicted octanol–water partition coefficient (Wildman–Crippen LogP) is 2.62. The molecule has 0 aliphatic carbocycles. The number of rotatable bonds is 7. The maximum absolute atomic E-state index is 13.4. The molecule has 32 heavy (non-hydrogen) atoms. The lowest BCUT2D eigenvalue weighted by molar-refractivity contribution is 0.0601. The SMILES string of the molecule is CN(C)CCN1C(=O)c2cccc3c(S(=O)(=O)NCc4cccc(F)c4)ccc(c23)C1=O. The number of hydrogen-bond acceptors (Lipinski definition) is 5. The van der Waals surface area contributed by atoms with E-state index >= 15 is 0 Å². The standard InChI is InChI=1S/C23H22FN3O4S/c1-26(2)11-12-27-22(28)18-8-4-7-17-20(10-9-19(21(17)18)23(27)29)32(30,31)25-14-15-5-3-6-16(24)13-15/h3-10,13,25H,11-12,14H2,1-2H3. The van der Waals surface area contributed by atoms with Crippen LogP contribution < -0.4 is 4.72 Å². The zero-order valence-corrected chi connectivity index (χ0v) is 18.4. The summed E-state index contributed by atoms with van der Waals surface area (Å²) in [5, 5.41) is 0.623. The molecule has 0 spiro atoms. The van der Waals surface area contributed by atoms with Crippen molar-refractivity contribution in [2.45, 2.75) is 11.4 Å². The van der Waals surface area contributed by atoms with Gasteiger partial charge < -0.3 is 4.90 Å². The molecule has 9 heteroatoms. The van der Waals surface area contributed by atoms with E-state index in [1.165, 1.54) is 35.2 Å². The van der Waals surface area contributed by atoms with E-state index in [-0.39, 0.29) is 29.1 Å². The van der Waals surface area contributed by atoms with E-state index in [0.29, 0.717) is 22.9 Å². The summed E-state index contributed by atoms with van der Waals surface area (Å²) in [5.41, 5.74) is 1.05. The first kappa shape index (κ1) is 22.1. The van der Waals surface area contributed by atoms with Gasteiger partial charge in [0, 0.05) is 41.5 Å². The summed E-state index contributed by atoms with van der Waals surface area (Å²) < 4.78 is 42.0. The topological polar surface area (TPSA) is 86.8 Å². The van der Waals surface area contributed by atoms with E-state index < -0.39 is 27.7 Å². The number of imide groups is 1. The van der Waals surface area contributed by atoms with Crippen LogP contribution in [-0.2, 0) is 16.6 Å². The quantitative estimate of drug-likeness (QED) is 0.554. The number of sulfonamides is 1. The van der Waals surface area contributed by atoms with Crippen LogP contribution in [0, 0.1) is 5.82 Å². The zero-order chi connectivity index (χ0) is 23.0. The van der Waals surface area contributed by atoms with Gasteiger partial charge in [-0.25, -0.2) is 17.5 Å². The average molecular weight is 456 g/mol. The van der Waals surface area contributed by atoms with Crippen molar-refractivity contribution in [1.29, 1.82) is 0 Å². The van der Waals surface area contributed by atoms with Crippen LogP contribution in [0.3, 0.4) is 0 Å². The lowest BCUT2D eigenvalue weighted by atomic mass is 9.94. The van der Waals surface area contributed by atoms with E-state index in [0.717, 1.165) is 0 Å². The molecule has 1 heterocycles. The van der Waals surface area contributed by atoms with Gasteiger partial charge in [-0.2, -0.15) is 0 Å². The molecule has 0 fully saturated rings. The highest BCUT2D eigenvalue weighted by Gasteiger charge is 2.34. The normalized spacial score (nSPS) is 13.9. The second-order valence-corrected chi connectivity index (χ2v) is 9.59. The number of benzene rings is 3. The van der Waals surface area contributed by atoms with Crippen LogP contribution in [-0.4, -0.2) is 57.2 Å². The molecule has 166 valence electrons. The van der Waals surface area contributed by atoms with Crippen molar-refractivity contribution in [3.63, 3.8) is 0 Å². The Morgan fingerprint density at radius 3 is 2.34 bits per heavy atom. The number of carbonyl (C=O) groups is 2. The number of halogens is 1. The fraction of sp³-hybridized carbons (Fsp3) is 0.217. The molecule has 3 aromatic rings. The first-order valence-corrected chi connectivity index (χ1v) is 11.5. The molecule has 0 saturated heterocycles. The molecule has 0 aromatic heterocycles. The molecule has 1 aliphatic rings. The summed E-state index contributed by atoms with van der Waals surface area (Å²) in [6.45, 7) is 0.647. The summed E-state index contributed by atoms with van der Waals surface area (Å²) in [5.74, 6) is -1.35. The van der Waals surface area contributed by atoms with Crippen LogP contribution in [0.25, 0.3) is 10.8 Å². The molecule has 3 aromatic carbocycles.